The molecule has 0 aromatic heterocycles. The summed E-state index contributed by atoms with van der Waals surface area (Å²) < 4.78 is 15.4. The summed E-state index contributed by atoms with van der Waals surface area (Å²) in [5.74, 6) is 0.205. The van der Waals surface area contributed by atoms with Gasteiger partial charge in [0.1, 0.15) is 0 Å². The number of esters is 1. The lowest BCUT2D eigenvalue weighted by molar-refractivity contribution is -0.143. The Hall–Kier alpha value is -2.70. The van der Waals surface area contributed by atoms with E-state index in [2.05, 4.69) is 5.32 Å². The van der Waals surface area contributed by atoms with Crippen molar-refractivity contribution < 1.29 is 23.8 Å². The second-order valence-electron chi connectivity index (χ2n) is 5.57. The molecule has 0 saturated carbocycles. The molecule has 6 nitrogen and oxygen atoms in total. The molecular formula is C19H15Cl2NO5. The Kier molecular flexibility index (Phi) is 6.21. The van der Waals surface area contributed by atoms with Crippen molar-refractivity contribution in [2.45, 2.75) is 6.54 Å². The van der Waals surface area contributed by atoms with E-state index in [4.69, 9.17) is 37.4 Å². The molecule has 0 radical (unpaired) electrons. The lowest BCUT2D eigenvalue weighted by Gasteiger charge is -2.07. The van der Waals surface area contributed by atoms with E-state index in [1.165, 1.54) is 6.08 Å². The van der Waals surface area contributed by atoms with Crippen LogP contribution in [0, 0.1) is 0 Å². The first-order chi connectivity index (χ1) is 13.0. The average molecular weight is 408 g/mol. The first kappa shape index (κ1) is 19.1. The minimum absolute atomic E-state index is 0.181. The number of carbonyl (C=O) groups is 2. The van der Waals surface area contributed by atoms with Crippen LogP contribution in [-0.4, -0.2) is 25.3 Å². The number of hydrogen-bond donors (Lipinski definition) is 1. The number of carbonyl (C=O) groups excluding carboxylic acids is 2. The van der Waals surface area contributed by atoms with Crippen LogP contribution in [0.3, 0.4) is 0 Å². The van der Waals surface area contributed by atoms with Gasteiger partial charge in [0.15, 0.2) is 18.1 Å². The quantitative estimate of drug-likeness (QED) is 0.584. The minimum atomic E-state index is -0.632. The summed E-state index contributed by atoms with van der Waals surface area (Å²) in [4.78, 5) is 23.5. The van der Waals surface area contributed by atoms with Crippen LogP contribution in [0.25, 0.3) is 6.08 Å². The lowest BCUT2D eigenvalue weighted by Crippen LogP contribution is -2.28. The first-order valence-electron chi connectivity index (χ1n) is 7.96. The Morgan fingerprint density at radius 1 is 1.11 bits per heavy atom. The number of halogens is 2. The third-order valence-corrected chi connectivity index (χ3v) is 4.23. The highest BCUT2D eigenvalue weighted by molar-refractivity contribution is 6.35. The lowest BCUT2D eigenvalue weighted by atomic mass is 10.2. The van der Waals surface area contributed by atoms with Crippen LogP contribution in [0.4, 0.5) is 0 Å². The molecule has 0 bridgehead atoms. The summed E-state index contributed by atoms with van der Waals surface area (Å²) in [7, 11) is 0. The maximum atomic E-state index is 11.8. The van der Waals surface area contributed by atoms with E-state index in [9.17, 15) is 9.59 Å². The van der Waals surface area contributed by atoms with Gasteiger partial charge in [0.2, 0.25) is 6.79 Å². The molecule has 140 valence electrons. The second kappa shape index (κ2) is 8.79. The van der Waals surface area contributed by atoms with Crippen molar-refractivity contribution >= 4 is 41.2 Å². The van der Waals surface area contributed by atoms with Gasteiger partial charge in [-0.15, -0.1) is 0 Å². The van der Waals surface area contributed by atoms with Crippen LogP contribution in [0.15, 0.2) is 42.5 Å². The molecule has 1 aliphatic heterocycles. The van der Waals surface area contributed by atoms with Crippen molar-refractivity contribution in [3.05, 3.63) is 63.6 Å². The van der Waals surface area contributed by atoms with Gasteiger partial charge in [-0.2, -0.15) is 0 Å². The smallest absolute Gasteiger partial charge is 0.331 e. The third-order valence-electron chi connectivity index (χ3n) is 3.65. The predicted molar refractivity (Wildman–Crippen MR) is 101 cm³/mol. The van der Waals surface area contributed by atoms with E-state index >= 15 is 0 Å². The molecule has 1 amide bonds. The highest BCUT2D eigenvalue weighted by atomic mass is 35.5. The number of hydrogen-bond acceptors (Lipinski definition) is 5. The summed E-state index contributed by atoms with van der Waals surface area (Å²) >= 11 is 11.8. The van der Waals surface area contributed by atoms with E-state index in [1.54, 1.807) is 42.5 Å². The molecule has 1 aliphatic rings. The molecule has 8 heteroatoms. The molecular weight excluding hydrogens is 393 g/mol. The standard InChI is InChI=1S/C19H15Cl2NO5/c20-14-4-3-13(15(21)8-14)9-22-18(23)10-25-19(24)6-2-12-1-5-16-17(7-12)27-11-26-16/h1-8H,9-11H2,(H,22,23). The summed E-state index contributed by atoms with van der Waals surface area (Å²) in [6, 6.07) is 10.3. The van der Waals surface area contributed by atoms with E-state index in [0.717, 1.165) is 5.56 Å². The van der Waals surface area contributed by atoms with E-state index in [1.807, 2.05) is 0 Å². The Bertz CT molecular complexity index is 898. The average Bonchev–Trinajstić information content (AvgIpc) is 3.11. The molecule has 0 spiro atoms. The Balaban J connectivity index is 1.43. The highest BCUT2D eigenvalue weighted by Gasteiger charge is 2.12. The fourth-order valence-electron chi connectivity index (χ4n) is 2.28. The van der Waals surface area contributed by atoms with E-state index in [0.29, 0.717) is 27.1 Å². The zero-order chi connectivity index (χ0) is 19.2. The Morgan fingerprint density at radius 2 is 1.93 bits per heavy atom. The molecule has 1 N–H and O–H groups in total. The summed E-state index contributed by atoms with van der Waals surface area (Å²) in [6.07, 6.45) is 2.80. The normalized spacial score (nSPS) is 12.2. The summed E-state index contributed by atoms with van der Waals surface area (Å²) in [5, 5.41) is 3.58. The largest absolute Gasteiger partial charge is 0.454 e. The molecule has 27 heavy (non-hydrogen) atoms. The topological polar surface area (TPSA) is 73.9 Å². The predicted octanol–water partition coefficient (Wildman–Crippen LogP) is 3.59. The van der Waals surface area contributed by atoms with Gasteiger partial charge in [-0.25, -0.2) is 4.79 Å². The van der Waals surface area contributed by atoms with Crippen LogP contribution >= 0.6 is 23.2 Å². The molecule has 0 saturated heterocycles. The summed E-state index contributed by atoms with van der Waals surface area (Å²) in [6.45, 7) is -0.00414. The molecule has 0 fully saturated rings. The van der Waals surface area contributed by atoms with Gasteiger partial charge in [0.05, 0.1) is 0 Å². The van der Waals surface area contributed by atoms with E-state index in [-0.39, 0.29) is 13.3 Å². The van der Waals surface area contributed by atoms with Crippen molar-refractivity contribution in [2.24, 2.45) is 0 Å². The number of benzene rings is 2. The van der Waals surface area contributed by atoms with Crippen LogP contribution in [0.1, 0.15) is 11.1 Å². The third kappa shape index (κ3) is 5.39. The monoisotopic (exact) mass is 407 g/mol. The van der Waals surface area contributed by atoms with Gasteiger partial charge in [0.25, 0.3) is 5.91 Å². The van der Waals surface area contributed by atoms with Crippen LogP contribution < -0.4 is 14.8 Å². The zero-order valence-corrected chi connectivity index (χ0v) is 15.5. The Morgan fingerprint density at radius 3 is 2.74 bits per heavy atom. The maximum Gasteiger partial charge on any atom is 0.331 e. The van der Waals surface area contributed by atoms with Crippen LogP contribution in [0.2, 0.25) is 10.0 Å². The van der Waals surface area contributed by atoms with Crippen molar-refractivity contribution in [3.63, 3.8) is 0 Å². The Labute approximate surface area is 165 Å². The SMILES string of the molecule is O=C(COC(=O)C=Cc1ccc2c(c1)OCO2)NCc1ccc(Cl)cc1Cl. The van der Waals surface area contributed by atoms with Crippen molar-refractivity contribution in [1.82, 2.24) is 5.32 Å². The van der Waals surface area contributed by atoms with Crippen LogP contribution in [0.5, 0.6) is 11.5 Å². The zero-order valence-electron chi connectivity index (χ0n) is 14.0. The minimum Gasteiger partial charge on any atom is -0.454 e. The highest BCUT2D eigenvalue weighted by Crippen LogP contribution is 2.32. The fourth-order valence-corrected chi connectivity index (χ4v) is 2.75. The number of ether oxygens (including phenoxy) is 3. The van der Waals surface area contributed by atoms with Crippen molar-refractivity contribution in [2.75, 3.05) is 13.4 Å². The molecule has 1 heterocycles. The van der Waals surface area contributed by atoms with Gasteiger partial charge in [0, 0.05) is 22.7 Å². The van der Waals surface area contributed by atoms with Gasteiger partial charge < -0.3 is 19.5 Å². The van der Waals surface area contributed by atoms with Gasteiger partial charge in [-0.05, 0) is 41.5 Å². The van der Waals surface area contributed by atoms with Crippen molar-refractivity contribution in [3.8, 4) is 11.5 Å². The number of amides is 1. The first-order valence-corrected chi connectivity index (χ1v) is 8.72. The van der Waals surface area contributed by atoms with E-state index < -0.39 is 18.5 Å². The molecule has 0 atom stereocenters. The van der Waals surface area contributed by atoms with Gasteiger partial charge in [-0.3, -0.25) is 4.79 Å². The van der Waals surface area contributed by atoms with Crippen LogP contribution in [-0.2, 0) is 20.9 Å². The molecule has 2 aromatic carbocycles. The molecule has 0 unspecified atom stereocenters. The maximum absolute atomic E-state index is 11.8. The molecule has 2 aromatic rings. The number of fused-ring (bicyclic) bond motifs is 1. The fraction of sp³-hybridized carbons (Fsp3) is 0.158. The van der Waals surface area contributed by atoms with Gasteiger partial charge in [-0.1, -0.05) is 35.3 Å². The molecule has 3 rings (SSSR count). The molecule has 0 aliphatic carbocycles. The number of rotatable bonds is 6. The van der Waals surface area contributed by atoms with Gasteiger partial charge >= 0.3 is 5.97 Å². The second-order valence-corrected chi connectivity index (χ2v) is 6.41. The summed E-state index contributed by atoms with van der Waals surface area (Å²) in [5.41, 5.74) is 1.46. The number of nitrogens with one attached hydrogen (secondary N) is 1. The van der Waals surface area contributed by atoms with Crippen molar-refractivity contribution in [1.29, 1.82) is 0 Å².